The van der Waals surface area contributed by atoms with Crippen LogP contribution in [0, 0.1) is 5.92 Å². The molecule has 1 aromatic rings. The maximum absolute atomic E-state index is 11.1. The zero-order valence-corrected chi connectivity index (χ0v) is 11.3. The highest BCUT2D eigenvalue weighted by Crippen LogP contribution is 2.22. The van der Waals surface area contributed by atoms with Crippen molar-refractivity contribution >= 4 is 17.2 Å². The van der Waals surface area contributed by atoms with E-state index in [0.717, 1.165) is 25.9 Å². The van der Waals surface area contributed by atoms with Gasteiger partial charge in [0.25, 0.3) is 0 Å². The van der Waals surface area contributed by atoms with Gasteiger partial charge >= 0.3 is 0 Å². The number of hydrogen-bond acceptors (Lipinski definition) is 3. The van der Waals surface area contributed by atoms with Crippen molar-refractivity contribution in [2.24, 2.45) is 5.92 Å². The Hall–Kier alpha value is -0.870. The van der Waals surface area contributed by atoms with Gasteiger partial charge in [0.1, 0.15) is 0 Å². The predicted octanol–water partition coefficient (Wildman–Crippen LogP) is 1.75. The van der Waals surface area contributed by atoms with Crippen LogP contribution in [0.5, 0.6) is 0 Å². The van der Waals surface area contributed by atoms with Crippen LogP contribution in [-0.4, -0.2) is 37.0 Å². The summed E-state index contributed by atoms with van der Waals surface area (Å²) in [7, 11) is 2.13. The van der Waals surface area contributed by atoms with Gasteiger partial charge in [0, 0.05) is 30.9 Å². The van der Waals surface area contributed by atoms with Crippen molar-refractivity contribution in [1.82, 2.24) is 10.2 Å². The Balaban J connectivity index is 1.91. The fourth-order valence-electron chi connectivity index (χ4n) is 2.70. The second-order valence-corrected chi connectivity index (χ2v) is 6.04. The number of thiophene rings is 1. The molecule has 1 aromatic heterocycles. The normalized spacial score (nSPS) is 25.8. The zero-order valence-electron chi connectivity index (χ0n) is 10.5. The first kappa shape index (κ1) is 12.6. The van der Waals surface area contributed by atoms with Gasteiger partial charge < -0.3 is 10.2 Å². The summed E-state index contributed by atoms with van der Waals surface area (Å²) < 4.78 is 0. The summed E-state index contributed by atoms with van der Waals surface area (Å²) in [6.45, 7) is 3.71. The van der Waals surface area contributed by atoms with E-state index in [1.165, 1.54) is 4.88 Å². The minimum atomic E-state index is 0.0835. The van der Waals surface area contributed by atoms with Crippen LogP contribution in [0.3, 0.4) is 0 Å². The molecule has 1 N–H and O–H groups in total. The summed E-state index contributed by atoms with van der Waals surface area (Å²) in [6.07, 6.45) is 2.24. The SMILES string of the molecule is CC(=O)NC1CC(Cc2cccs2)CN(C)C1. The molecule has 0 spiro atoms. The molecular formula is C13H20N2OS. The maximum Gasteiger partial charge on any atom is 0.217 e. The van der Waals surface area contributed by atoms with E-state index in [4.69, 9.17) is 0 Å². The van der Waals surface area contributed by atoms with Crippen LogP contribution in [0.1, 0.15) is 18.2 Å². The highest BCUT2D eigenvalue weighted by atomic mass is 32.1. The first-order valence-electron chi connectivity index (χ1n) is 6.11. The van der Waals surface area contributed by atoms with Crippen LogP contribution in [0.2, 0.25) is 0 Å². The Morgan fingerprint density at radius 1 is 1.59 bits per heavy atom. The fraction of sp³-hybridized carbons (Fsp3) is 0.615. The van der Waals surface area contributed by atoms with E-state index in [0.29, 0.717) is 12.0 Å². The summed E-state index contributed by atoms with van der Waals surface area (Å²) >= 11 is 1.83. The summed E-state index contributed by atoms with van der Waals surface area (Å²) in [6, 6.07) is 4.63. The highest BCUT2D eigenvalue weighted by molar-refractivity contribution is 7.09. The van der Waals surface area contributed by atoms with Crippen molar-refractivity contribution in [3.8, 4) is 0 Å². The molecule has 0 bridgehead atoms. The molecule has 2 heterocycles. The molecule has 0 aliphatic carbocycles. The number of carbonyl (C=O) groups is 1. The largest absolute Gasteiger partial charge is 0.352 e. The summed E-state index contributed by atoms with van der Waals surface area (Å²) in [4.78, 5) is 14.9. The molecule has 2 atom stereocenters. The molecule has 0 radical (unpaired) electrons. The molecule has 1 amide bonds. The van der Waals surface area contributed by atoms with E-state index in [1.807, 2.05) is 11.3 Å². The van der Waals surface area contributed by atoms with Gasteiger partial charge in [0.15, 0.2) is 0 Å². The lowest BCUT2D eigenvalue weighted by Crippen LogP contribution is -2.49. The molecular weight excluding hydrogens is 232 g/mol. The number of hydrogen-bond donors (Lipinski definition) is 1. The minimum absolute atomic E-state index is 0.0835. The van der Waals surface area contributed by atoms with Gasteiger partial charge in [-0.05, 0) is 37.3 Å². The van der Waals surface area contributed by atoms with Gasteiger partial charge in [-0.25, -0.2) is 0 Å². The zero-order chi connectivity index (χ0) is 12.3. The maximum atomic E-state index is 11.1. The predicted molar refractivity (Wildman–Crippen MR) is 71.2 cm³/mol. The lowest BCUT2D eigenvalue weighted by atomic mass is 9.91. The van der Waals surface area contributed by atoms with E-state index in [2.05, 4.69) is 34.8 Å². The fourth-order valence-corrected chi connectivity index (χ4v) is 3.52. The van der Waals surface area contributed by atoms with E-state index in [1.54, 1.807) is 6.92 Å². The van der Waals surface area contributed by atoms with Gasteiger partial charge in [0.2, 0.25) is 5.91 Å². The summed E-state index contributed by atoms with van der Waals surface area (Å²) in [5.74, 6) is 0.740. The topological polar surface area (TPSA) is 32.3 Å². The third kappa shape index (κ3) is 3.82. The molecule has 2 rings (SSSR count). The van der Waals surface area contributed by atoms with Gasteiger partial charge in [0.05, 0.1) is 0 Å². The van der Waals surface area contributed by atoms with Gasteiger partial charge in [-0.3, -0.25) is 4.79 Å². The monoisotopic (exact) mass is 252 g/mol. The molecule has 94 valence electrons. The molecule has 1 fully saturated rings. The van der Waals surface area contributed by atoms with Crippen LogP contribution in [0.15, 0.2) is 17.5 Å². The minimum Gasteiger partial charge on any atom is -0.352 e. The number of likely N-dealkylation sites (tertiary alicyclic amines) is 1. The van der Waals surface area contributed by atoms with E-state index < -0.39 is 0 Å². The molecule has 0 aromatic carbocycles. The van der Waals surface area contributed by atoms with Crippen molar-refractivity contribution < 1.29 is 4.79 Å². The average Bonchev–Trinajstić information content (AvgIpc) is 2.67. The summed E-state index contributed by atoms with van der Waals surface area (Å²) in [5.41, 5.74) is 0. The Bertz CT molecular complexity index is 364. The molecule has 0 saturated carbocycles. The van der Waals surface area contributed by atoms with Crippen molar-refractivity contribution in [3.05, 3.63) is 22.4 Å². The van der Waals surface area contributed by atoms with Crippen molar-refractivity contribution in [2.45, 2.75) is 25.8 Å². The quantitative estimate of drug-likeness (QED) is 0.889. The Labute approximate surface area is 107 Å². The average molecular weight is 252 g/mol. The van der Waals surface area contributed by atoms with Crippen LogP contribution < -0.4 is 5.32 Å². The lowest BCUT2D eigenvalue weighted by Gasteiger charge is -2.35. The smallest absolute Gasteiger partial charge is 0.217 e. The number of carbonyl (C=O) groups excluding carboxylic acids is 1. The van der Waals surface area contributed by atoms with Crippen molar-refractivity contribution in [3.63, 3.8) is 0 Å². The third-order valence-corrected chi connectivity index (χ3v) is 4.10. The van der Waals surface area contributed by atoms with Gasteiger partial charge in [-0.15, -0.1) is 11.3 Å². The highest BCUT2D eigenvalue weighted by Gasteiger charge is 2.25. The van der Waals surface area contributed by atoms with Crippen molar-refractivity contribution in [2.75, 3.05) is 20.1 Å². The van der Waals surface area contributed by atoms with Gasteiger partial charge in [-0.1, -0.05) is 6.07 Å². The standard InChI is InChI=1S/C13H20N2OS/c1-10(16)14-12-6-11(8-15(2)9-12)7-13-4-3-5-17-13/h3-5,11-12H,6-9H2,1-2H3,(H,14,16). The molecule has 1 saturated heterocycles. The number of amides is 1. The van der Waals surface area contributed by atoms with E-state index in [9.17, 15) is 4.79 Å². The lowest BCUT2D eigenvalue weighted by molar-refractivity contribution is -0.120. The van der Waals surface area contributed by atoms with Crippen LogP contribution in [0.4, 0.5) is 0 Å². The molecule has 3 nitrogen and oxygen atoms in total. The molecule has 17 heavy (non-hydrogen) atoms. The molecule has 4 heteroatoms. The second kappa shape index (κ2) is 5.65. The Morgan fingerprint density at radius 2 is 2.41 bits per heavy atom. The number of likely N-dealkylation sites (N-methyl/N-ethyl adjacent to an activating group) is 1. The van der Waals surface area contributed by atoms with E-state index in [-0.39, 0.29) is 5.91 Å². The molecule has 1 aliphatic rings. The van der Waals surface area contributed by atoms with Crippen LogP contribution >= 0.6 is 11.3 Å². The Kier molecular flexibility index (Phi) is 4.18. The number of piperidine rings is 1. The van der Waals surface area contributed by atoms with E-state index >= 15 is 0 Å². The van der Waals surface area contributed by atoms with Crippen molar-refractivity contribution in [1.29, 1.82) is 0 Å². The number of rotatable bonds is 3. The molecule has 2 unspecified atom stereocenters. The molecule has 1 aliphatic heterocycles. The van der Waals surface area contributed by atoms with Crippen LogP contribution in [0.25, 0.3) is 0 Å². The summed E-state index contributed by atoms with van der Waals surface area (Å²) in [5, 5.41) is 5.18. The second-order valence-electron chi connectivity index (χ2n) is 5.00. The third-order valence-electron chi connectivity index (χ3n) is 3.20. The Morgan fingerprint density at radius 3 is 3.06 bits per heavy atom. The first-order chi connectivity index (χ1) is 8.13. The first-order valence-corrected chi connectivity index (χ1v) is 6.99. The number of nitrogens with one attached hydrogen (secondary N) is 1. The number of nitrogens with zero attached hydrogens (tertiary/aromatic N) is 1. The van der Waals surface area contributed by atoms with Crippen LogP contribution in [-0.2, 0) is 11.2 Å². The van der Waals surface area contributed by atoms with Gasteiger partial charge in [-0.2, -0.15) is 0 Å².